The van der Waals surface area contributed by atoms with Crippen molar-refractivity contribution in [1.82, 2.24) is 5.32 Å². The van der Waals surface area contributed by atoms with Gasteiger partial charge in [0.15, 0.2) is 0 Å². The van der Waals surface area contributed by atoms with E-state index in [2.05, 4.69) is 21.2 Å². The molecule has 0 fully saturated rings. The van der Waals surface area contributed by atoms with E-state index in [0.717, 1.165) is 8.78 Å². The second-order valence-corrected chi connectivity index (χ2v) is 8.50. The quantitative estimate of drug-likeness (QED) is 0.684. The predicted molar refractivity (Wildman–Crippen MR) is 105 cm³/mol. The number of anilines is 1. The Balaban J connectivity index is 2.34. The second-order valence-electron chi connectivity index (χ2n) is 5.73. The van der Waals surface area contributed by atoms with Crippen molar-refractivity contribution in [2.75, 3.05) is 24.6 Å². The van der Waals surface area contributed by atoms with Gasteiger partial charge in [-0.05, 0) is 43.3 Å². The highest BCUT2D eigenvalue weighted by Crippen LogP contribution is 2.25. The van der Waals surface area contributed by atoms with E-state index in [1.165, 1.54) is 19.2 Å². The Bertz CT molecular complexity index is 826. The van der Waals surface area contributed by atoms with E-state index in [-0.39, 0.29) is 17.5 Å². The summed E-state index contributed by atoms with van der Waals surface area (Å²) in [7, 11) is -2.35. The molecule has 2 aromatic carbocycles. The van der Waals surface area contributed by atoms with E-state index in [4.69, 9.17) is 4.74 Å². The number of methoxy groups -OCH3 is 1. The van der Waals surface area contributed by atoms with Crippen LogP contribution in [0.1, 0.15) is 6.92 Å². The third-order valence-electron chi connectivity index (χ3n) is 3.56. The molecule has 140 valence electrons. The molecule has 1 N–H and O–H groups in total. The van der Waals surface area contributed by atoms with Gasteiger partial charge in [0.1, 0.15) is 6.54 Å². The Morgan fingerprint density at radius 3 is 2.35 bits per heavy atom. The Morgan fingerprint density at radius 2 is 1.77 bits per heavy atom. The summed E-state index contributed by atoms with van der Waals surface area (Å²) in [5.41, 5.74) is 0.409. The van der Waals surface area contributed by atoms with Gasteiger partial charge in [-0.1, -0.05) is 34.1 Å². The van der Waals surface area contributed by atoms with Crippen molar-refractivity contribution in [3.8, 4) is 0 Å². The van der Waals surface area contributed by atoms with Crippen molar-refractivity contribution in [3.05, 3.63) is 59.1 Å². The molecule has 2 rings (SSSR count). The summed E-state index contributed by atoms with van der Waals surface area (Å²) in [6.07, 6.45) is 0. The van der Waals surface area contributed by atoms with E-state index < -0.39 is 15.9 Å². The number of amides is 1. The highest BCUT2D eigenvalue weighted by Gasteiger charge is 2.27. The predicted octanol–water partition coefficient (Wildman–Crippen LogP) is 2.80. The fraction of sp³-hybridized carbons (Fsp3) is 0.278. The Hall–Kier alpha value is -1.90. The van der Waals surface area contributed by atoms with Crippen LogP contribution in [0.2, 0.25) is 0 Å². The van der Waals surface area contributed by atoms with Crippen molar-refractivity contribution < 1.29 is 17.9 Å². The highest BCUT2D eigenvalue weighted by atomic mass is 79.9. The number of nitrogens with zero attached hydrogens (tertiary/aromatic N) is 1. The minimum absolute atomic E-state index is 0.126. The number of benzene rings is 2. The lowest BCUT2D eigenvalue weighted by Gasteiger charge is -2.25. The van der Waals surface area contributed by atoms with Crippen LogP contribution in [-0.2, 0) is 19.6 Å². The number of hydrogen-bond acceptors (Lipinski definition) is 4. The molecule has 0 saturated heterocycles. The lowest BCUT2D eigenvalue weighted by molar-refractivity contribution is -0.120. The fourth-order valence-electron chi connectivity index (χ4n) is 2.38. The van der Waals surface area contributed by atoms with Crippen molar-refractivity contribution in [2.24, 2.45) is 0 Å². The van der Waals surface area contributed by atoms with Crippen LogP contribution in [-0.4, -0.2) is 40.6 Å². The first-order valence-electron chi connectivity index (χ1n) is 7.96. The molecule has 0 aliphatic carbocycles. The van der Waals surface area contributed by atoms with Crippen LogP contribution in [0.4, 0.5) is 5.69 Å². The molecule has 0 bridgehead atoms. The molecular weight excluding hydrogens is 420 g/mol. The van der Waals surface area contributed by atoms with Gasteiger partial charge in [0.05, 0.1) is 17.2 Å². The Kier molecular flexibility index (Phi) is 7.19. The normalized spacial score (nSPS) is 12.4. The van der Waals surface area contributed by atoms with E-state index >= 15 is 0 Å². The van der Waals surface area contributed by atoms with Gasteiger partial charge in [0, 0.05) is 17.6 Å². The molecule has 0 aliphatic rings. The van der Waals surface area contributed by atoms with Gasteiger partial charge < -0.3 is 10.1 Å². The van der Waals surface area contributed by atoms with Crippen LogP contribution < -0.4 is 9.62 Å². The van der Waals surface area contributed by atoms with Crippen molar-refractivity contribution in [3.63, 3.8) is 0 Å². The molecule has 0 spiro atoms. The van der Waals surface area contributed by atoms with Crippen LogP contribution >= 0.6 is 15.9 Å². The first-order chi connectivity index (χ1) is 12.3. The summed E-state index contributed by atoms with van der Waals surface area (Å²) in [4.78, 5) is 12.5. The van der Waals surface area contributed by atoms with E-state index in [1.54, 1.807) is 49.4 Å². The van der Waals surface area contributed by atoms with Crippen LogP contribution in [0, 0.1) is 0 Å². The number of ether oxygens (including phenoxy) is 1. The number of nitrogens with one attached hydrogen (secondary N) is 1. The standard InChI is InChI=1S/C18H21BrN2O4S/c1-14(13-25-2)20-18(22)12-21(16-10-8-15(19)9-11-16)26(23,24)17-6-4-3-5-7-17/h3-11,14H,12-13H2,1-2H3,(H,20,22)/t14-/m0/s1. The number of hydrogen-bond donors (Lipinski definition) is 1. The molecule has 1 amide bonds. The first kappa shape index (κ1) is 20.4. The zero-order valence-corrected chi connectivity index (χ0v) is 17.0. The number of carbonyl (C=O) groups is 1. The molecule has 26 heavy (non-hydrogen) atoms. The SMILES string of the molecule is COC[C@H](C)NC(=O)CN(c1ccc(Br)cc1)S(=O)(=O)c1ccccc1. The van der Waals surface area contributed by atoms with Gasteiger partial charge in [-0.25, -0.2) is 8.42 Å². The van der Waals surface area contributed by atoms with Gasteiger partial charge in [-0.3, -0.25) is 9.10 Å². The number of halogens is 1. The van der Waals surface area contributed by atoms with E-state index in [0.29, 0.717) is 12.3 Å². The molecule has 8 heteroatoms. The van der Waals surface area contributed by atoms with Crippen molar-refractivity contribution in [2.45, 2.75) is 17.9 Å². The fourth-order valence-corrected chi connectivity index (χ4v) is 4.09. The first-order valence-corrected chi connectivity index (χ1v) is 10.2. The smallest absolute Gasteiger partial charge is 0.264 e. The van der Waals surface area contributed by atoms with Gasteiger partial charge >= 0.3 is 0 Å². The third-order valence-corrected chi connectivity index (χ3v) is 5.87. The summed E-state index contributed by atoms with van der Waals surface area (Å²) in [6.45, 7) is 1.80. The zero-order chi connectivity index (χ0) is 19.2. The monoisotopic (exact) mass is 440 g/mol. The average Bonchev–Trinajstić information content (AvgIpc) is 2.61. The maximum atomic E-state index is 13.1. The van der Waals surface area contributed by atoms with Crippen LogP contribution in [0.5, 0.6) is 0 Å². The van der Waals surface area contributed by atoms with Crippen LogP contribution in [0.25, 0.3) is 0 Å². The third kappa shape index (κ3) is 5.30. The number of sulfonamides is 1. The molecule has 0 aromatic heterocycles. The minimum atomic E-state index is -3.88. The summed E-state index contributed by atoms with van der Waals surface area (Å²) in [5.74, 6) is -0.406. The molecule has 0 saturated carbocycles. The molecule has 6 nitrogen and oxygen atoms in total. The van der Waals surface area contributed by atoms with E-state index in [9.17, 15) is 13.2 Å². The summed E-state index contributed by atoms with van der Waals surface area (Å²) in [6, 6.07) is 14.6. The number of rotatable bonds is 8. The van der Waals surface area contributed by atoms with Crippen LogP contribution in [0.3, 0.4) is 0 Å². The summed E-state index contributed by atoms with van der Waals surface area (Å²) < 4.78 is 33.1. The van der Waals surface area contributed by atoms with Gasteiger partial charge in [-0.15, -0.1) is 0 Å². The molecule has 0 aliphatic heterocycles. The molecular formula is C18H21BrN2O4S. The lowest BCUT2D eigenvalue weighted by Crippen LogP contribution is -2.44. The van der Waals surface area contributed by atoms with Gasteiger partial charge in [0.2, 0.25) is 5.91 Å². The molecule has 2 aromatic rings. The number of carbonyl (C=O) groups excluding carboxylic acids is 1. The maximum Gasteiger partial charge on any atom is 0.264 e. The summed E-state index contributed by atoms with van der Waals surface area (Å²) >= 11 is 3.33. The maximum absolute atomic E-state index is 13.1. The topological polar surface area (TPSA) is 75.7 Å². The second kappa shape index (κ2) is 9.16. The lowest BCUT2D eigenvalue weighted by atomic mass is 10.3. The van der Waals surface area contributed by atoms with Gasteiger partial charge in [0.25, 0.3) is 10.0 Å². The van der Waals surface area contributed by atoms with Crippen LogP contribution in [0.15, 0.2) is 64.0 Å². The molecule has 0 unspecified atom stereocenters. The molecule has 0 radical (unpaired) electrons. The van der Waals surface area contributed by atoms with E-state index in [1.807, 2.05) is 0 Å². The largest absolute Gasteiger partial charge is 0.383 e. The average molecular weight is 441 g/mol. The molecule has 0 heterocycles. The minimum Gasteiger partial charge on any atom is -0.383 e. The molecule has 1 atom stereocenters. The zero-order valence-electron chi connectivity index (χ0n) is 14.6. The highest BCUT2D eigenvalue weighted by molar-refractivity contribution is 9.10. The summed E-state index contributed by atoms with van der Waals surface area (Å²) in [5, 5.41) is 2.74. The van der Waals surface area contributed by atoms with Gasteiger partial charge in [-0.2, -0.15) is 0 Å². The Morgan fingerprint density at radius 1 is 1.15 bits per heavy atom. The van der Waals surface area contributed by atoms with Crippen molar-refractivity contribution in [1.29, 1.82) is 0 Å². The Labute approximate surface area is 162 Å². The van der Waals surface area contributed by atoms with Crippen molar-refractivity contribution >= 4 is 37.5 Å².